The van der Waals surface area contributed by atoms with E-state index in [1.165, 1.54) is 11.3 Å². The van der Waals surface area contributed by atoms with Gasteiger partial charge in [-0.05, 0) is 42.5 Å². The molecule has 0 unspecified atom stereocenters. The highest BCUT2D eigenvalue weighted by atomic mass is 35.5. The van der Waals surface area contributed by atoms with Crippen molar-refractivity contribution in [3.8, 4) is 5.75 Å². The van der Waals surface area contributed by atoms with Gasteiger partial charge in [0.15, 0.2) is 5.70 Å². The zero-order chi connectivity index (χ0) is 14.8. The van der Waals surface area contributed by atoms with Gasteiger partial charge < -0.3 is 9.47 Å². The topological polar surface area (TPSA) is 47.9 Å². The maximum atomic E-state index is 11.8. The van der Waals surface area contributed by atoms with Gasteiger partial charge in [0.1, 0.15) is 5.75 Å². The molecule has 4 nitrogen and oxygen atoms in total. The first kappa shape index (κ1) is 13.9. The maximum Gasteiger partial charge on any atom is 0.363 e. The molecule has 0 saturated carbocycles. The number of benzene rings is 1. The second-order valence-electron chi connectivity index (χ2n) is 4.21. The van der Waals surface area contributed by atoms with Crippen molar-refractivity contribution >= 4 is 40.9 Å². The van der Waals surface area contributed by atoms with Gasteiger partial charge in [-0.1, -0.05) is 11.6 Å². The average molecular weight is 320 g/mol. The summed E-state index contributed by atoms with van der Waals surface area (Å²) < 4.78 is 10.9. The molecule has 1 aromatic heterocycles. The summed E-state index contributed by atoms with van der Waals surface area (Å²) in [6.45, 7) is 0. The van der Waals surface area contributed by atoms with Crippen LogP contribution in [-0.2, 0) is 9.53 Å². The SMILES string of the molecule is COc1ccc(C2=N/C(=C\c3ccc(Cl)s3)C(=O)O2)cc1. The highest BCUT2D eigenvalue weighted by Crippen LogP contribution is 2.26. The molecule has 0 amide bonds. The standard InChI is InChI=1S/C15H10ClNO3S/c1-19-10-4-2-9(3-5-10)14-17-12(15(18)20-14)8-11-6-7-13(16)21-11/h2-8H,1H3/b12-8-. The molecule has 21 heavy (non-hydrogen) atoms. The van der Waals surface area contributed by atoms with Crippen LogP contribution >= 0.6 is 22.9 Å². The molecule has 6 heteroatoms. The summed E-state index contributed by atoms with van der Waals surface area (Å²) in [5.74, 6) is 0.551. The van der Waals surface area contributed by atoms with Crippen LogP contribution in [0.25, 0.3) is 6.08 Å². The monoisotopic (exact) mass is 319 g/mol. The number of rotatable bonds is 3. The van der Waals surface area contributed by atoms with Gasteiger partial charge in [0, 0.05) is 10.4 Å². The number of hydrogen-bond donors (Lipinski definition) is 0. The minimum absolute atomic E-state index is 0.263. The lowest BCUT2D eigenvalue weighted by molar-refractivity contribution is -0.129. The minimum atomic E-state index is -0.467. The summed E-state index contributed by atoms with van der Waals surface area (Å²) in [6.07, 6.45) is 1.66. The van der Waals surface area contributed by atoms with Crippen LogP contribution in [0.5, 0.6) is 5.75 Å². The summed E-state index contributed by atoms with van der Waals surface area (Å²) in [5, 5.41) is 0. The van der Waals surface area contributed by atoms with E-state index in [-0.39, 0.29) is 11.6 Å². The number of aliphatic imine (C=N–C) groups is 1. The van der Waals surface area contributed by atoms with Crippen LogP contribution in [-0.4, -0.2) is 19.0 Å². The van der Waals surface area contributed by atoms with E-state index in [1.54, 1.807) is 43.5 Å². The molecule has 0 N–H and O–H groups in total. The zero-order valence-corrected chi connectivity index (χ0v) is 12.6. The summed E-state index contributed by atoms with van der Waals surface area (Å²) in [6, 6.07) is 10.7. The van der Waals surface area contributed by atoms with Gasteiger partial charge in [-0.15, -0.1) is 11.3 Å². The fourth-order valence-corrected chi connectivity index (χ4v) is 2.80. The van der Waals surface area contributed by atoms with Crippen LogP contribution in [0, 0.1) is 0 Å². The molecule has 1 aliphatic heterocycles. The van der Waals surface area contributed by atoms with Crippen molar-refractivity contribution in [2.45, 2.75) is 0 Å². The van der Waals surface area contributed by atoms with E-state index in [0.29, 0.717) is 4.34 Å². The van der Waals surface area contributed by atoms with E-state index in [0.717, 1.165) is 16.2 Å². The van der Waals surface area contributed by atoms with E-state index in [4.69, 9.17) is 21.1 Å². The first-order chi connectivity index (χ1) is 10.2. The largest absolute Gasteiger partial charge is 0.497 e. The third-order valence-corrected chi connectivity index (χ3v) is 4.01. The van der Waals surface area contributed by atoms with Gasteiger partial charge >= 0.3 is 5.97 Å². The third kappa shape index (κ3) is 2.99. The quantitative estimate of drug-likeness (QED) is 0.639. The molecule has 1 aromatic carbocycles. The predicted octanol–water partition coefficient (Wildman–Crippen LogP) is 3.75. The number of cyclic esters (lactones) is 1. The van der Waals surface area contributed by atoms with E-state index < -0.39 is 5.97 Å². The van der Waals surface area contributed by atoms with Gasteiger partial charge in [-0.25, -0.2) is 9.79 Å². The fourth-order valence-electron chi connectivity index (χ4n) is 1.81. The van der Waals surface area contributed by atoms with Gasteiger partial charge in [-0.2, -0.15) is 0 Å². The second kappa shape index (κ2) is 5.71. The summed E-state index contributed by atoms with van der Waals surface area (Å²) in [7, 11) is 1.59. The Kier molecular flexibility index (Phi) is 3.77. The van der Waals surface area contributed by atoms with Crippen molar-refractivity contribution in [3.05, 3.63) is 56.9 Å². The van der Waals surface area contributed by atoms with Gasteiger partial charge in [0.2, 0.25) is 5.90 Å². The smallest absolute Gasteiger partial charge is 0.363 e. The van der Waals surface area contributed by atoms with Crippen LogP contribution in [0.4, 0.5) is 0 Å². The Hall–Kier alpha value is -2.11. The van der Waals surface area contributed by atoms with Crippen molar-refractivity contribution < 1.29 is 14.3 Å². The number of halogens is 1. The maximum absolute atomic E-state index is 11.8. The molecule has 0 bridgehead atoms. The van der Waals surface area contributed by atoms with Gasteiger partial charge in [0.25, 0.3) is 0 Å². The normalized spacial score (nSPS) is 16.0. The second-order valence-corrected chi connectivity index (χ2v) is 5.95. The Morgan fingerprint density at radius 1 is 1.24 bits per heavy atom. The molecule has 106 valence electrons. The predicted molar refractivity (Wildman–Crippen MR) is 82.9 cm³/mol. The molecule has 0 fully saturated rings. The summed E-state index contributed by atoms with van der Waals surface area (Å²) in [4.78, 5) is 16.9. The average Bonchev–Trinajstić information content (AvgIpc) is 3.06. The zero-order valence-electron chi connectivity index (χ0n) is 11.0. The van der Waals surface area contributed by atoms with E-state index >= 15 is 0 Å². The van der Waals surface area contributed by atoms with Crippen LogP contribution in [0.3, 0.4) is 0 Å². The molecule has 0 aliphatic carbocycles. The fraction of sp³-hybridized carbons (Fsp3) is 0.0667. The van der Waals surface area contributed by atoms with E-state index in [9.17, 15) is 4.79 Å². The van der Waals surface area contributed by atoms with Crippen molar-refractivity contribution in [1.82, 2.24) is 0 Å². The number of thiophene rings is 1. The van der Waals surface area contributed by atoms with Crippen molar-refractivity contribution in [2.75, 3.05) is 7.11 Å². The Morgan fingerprint density at radius 2 is 2.00 bits per heavy atom. The first-order valence-corrected chi connectivity index (χ1v) is 7.27. The van der Waals surface area contributed by atoms with E-state index in [1.807, 2.05) is 6.07 Å². The molecule has 2 aromatic rings. The lowest BCUT2D eigenvalue weighted by atomic mass is 10.2. The molecule has 0 spiro atoms. The van der Waals surface area contributed by atoms with Crippen LogP contribution in [0.2, 0.25) is 4.34 Å². The van der Waals surface area contributed by atoms with Gasteiger partial charge in [-0.3, -0.25) is 0 Å². The molecule has 3 rings (SSSR count). The molecular weight excluding hydrogens is 310 g/mol. The molecule has 1 aliphatic rings. The third-order valence-electron chi connectivity index (χ3n) is 2.83. The van der Waals surface area contributed by atoms with Crippen LogP contribution in [0.15, 0.2) is 47.1 Å². The number of carbonyl (C=O) groups excluding carboxylic acids is 1. The summed E-state index contributed by atoms with van der Waals surface area (Å²) in [5.41, 5.74) is 0.982. The molecular formula is C15H10ClNO3S. The number of nitrogens with zero attached hydrogens (tertiary/aromatic N) is 1. The Morgan fingerprint density at radius 3 is 2.62 bits per heavy atom. The first-order valence-electron chi connectivity index (χ1n) is 6.08. The molecule has 0 radical (unpaired) electrons. The Bertz CT molecular complexity index is 747. The van der Waals surface area contributed by atoms with Crippen molar-refractivity contribution in [3.63, 3.8) is 0 Å². The number of ether oxygens (including phenoxy) is 2. The van der Waals surface area contributed by atoms with Crippen molar-refractivity contribution in [2.24, 2.45) is 4.99 Å². The van der Waals surface area contributed by atoms with E-state index in [2.05, 4.69) is 4.99 Å². The lowest BCUT2D eigenvalue weighted by Crippen LogP contribution is -2.05. The molecule has 2 heterocycles. The highest BCUT2D eigenvalue weighted by molar-refractivity contribution is 7.17. The Balaban J connectivity index is 1.89. The van der Waals surface area contributed by atoms with Gasteiger partial charge in [0.05, 0.1) is 11.4 Å². The highest BCUT2D eigenvalue weighted by Gasteiger charge is 2.24. The summed E-state index contributed by atoms with van der Waals surface area (Å²) >= 11 is 7.23. The number of methoxy groups -OCH3 is 1. The number of carbonyl (C=O) groups is 1. The van der Waals surface area contributed by atoms with Crippen molar-refractivity contribution in [1.29, 1.82) is 0 Å². The molecule has 0 saturated heterocycles. The lowest BCUT2D eigenvalue weighted by Gasteiger charge is -2.01. The molecule has 0 atom stereocenters. The number of hydrogen-bond acceptors (Lipinski definition) is 5. The Labute approximate surface area is 130 Å². The number of esters is 1. The van der Waals surface area contributed by atoms with Crippen LogP contribution < -0.4 is 4.74 Å². The minimum Gasteiger partial charge on any atom is -0.497 e. The van der Waals surface area contributed by atoms with Crippen LogP contribution in [0.1, 0.15) is 10.4 Å².